The number of H-pyrrole nitrogens is 1. The molecule has 17 heavy (non-hydrogen) atoms. The lowest BCUT2D eigenvalue weighted by molar-refractivity contribution is 0.881. The van der Waals surface area contributed by atoms with Gasteiger partial charge in [-0.1, -0.05) is 29.8 Å². The maximum atomic E-state index is 4.02. The van der Waals surface area contributed by atoms with Crippen molar-refractivity contribution >= 4 is 11.3 Å². The van der Waals surface area contributed by atoms with Crippen LogP contribution in [0.5, 0.6) is 0 Å². The van der Waals surface area contributed by atoms with Crippen molar-refractivity contribution in [1.82, 2.24) is 20.6 Å². The predicted molar refractivity (Wildman–Crippen MR) is 67.7 cm³/mol. The molecule has 0 spiro atoms. The molecule has 0 saturated carbocycles. The minimum atomic E-state index is 0.641. The van der Waals surface area contributed by atoms with Gasteiger partial charge in [-0.2, -0.15) is 16.6 Å². The van der Waals surface area contributed by atoms with Crippen LogP contribution in [0.2, 0.25) is 0 Å². The highest BCUT2D eigenvalue weighted by atomic mass is 32.1. The van der Waals surface area contributed by atoms with Crippen LogP contribution in [0, 0.1) is 6.92 Å². The molecule has 0 aliphatic carbocycles. The zero-order valence-corrected chi connectivity index (χ0v) is 10.0. The van der Waals surface area contributed by atoms with Crippen LogP contribution in [-0.2, 0) is 0 Å². The first kappa shape index (κ1) is 10.2. The Morgan fingerprint density at radius 1 is 1.06 bits per heavy atom. The van der Waals surface area contributed by atoms with E-state index >= 15 is 0 Å². The zero-order chi connectivity index (χ0) is 11.7. The third kappa shape index (κ3) is 1.85. The number of aromatic amines is 1. The van der Waals surface area contributed by atoms with Crippen molar-refractivity contribution in [2.45, 2.75) is 6.92 Å². The summed E-state index contributed by atoms with van der Waals surface area (Å²) < 4.78 is 0. The smallest absolute Gasteiger partial charge is 0.177 e. The normalized spacial score (nSPS) is 10.6. The standard InChI is InChI=1S/C12H10N4S/c1-8-2-4-9(5-3-8)10-6-17-7-11(10)12-13-15-16-14-12/h2-7H,1H3,(H,13,14,15,16). The summed E-state index contributed by atoms with van der Waals surface area (Å²) in [6, 6.07) is 8.43. The van der Waals surface area contributed by atoms with E-state index in [1.807, 2.05) is 5.38 Å². The van der Waals surface area contributed by atoms with Crippen molar-refractivity contribution in [1.29, 1.82) is 0 Å². The van der Waals surface area contributed by atoms with Crippen molar-refractivity contribution in [3.05, 3.63) is 40.6 Å². The van der Waals surface area contributed by atoms with Gasteiger partial charge in [0.05, 0.1) is 0 Å². The molecule has 0 amide bonds. The molecule has 3 aromatic rings. The molecule has 2 heterocycles. The number of hydrogen-bond donors (Lipinski definition) is 1. The molecule has 1 aromatic carbocycles. The van der Waals surface area contributed by atoms with Gasteiger partial charge in [-0.05, 0) is 23.1 Å². The summed E-state index contributed by atoms with van der Waals surface area (Å²) in [4.78, 5) is 0. The summed E-state index contributed by atoms with van der Waals surface area (Å²) in [5.74, 6) is 0.641. The maximum Gasteiger partial charge on any atom is 0.206 e. The van der Waals surface area contributed by atoms with Crippen LogP contribution < -0.4 is 0 Å². The van der Waals surface area contributed by atoms with Gasteiger partial charge in [-0.3, -0.25) is 0 Å². The molecule has 2 aromatic heterocycles. The fraction of sp³-hybridized carbons (Fsp3) is 0.0833. The van der Waals surface area contributed by atoms with Crippen LogP contribution >= 0.6 is 11.3 Å². The summed E-state index contributed by atoms with van der Waals surface area (Å²) in [6.07, 6.45) is 0. The molecule has 0 fully saturated rings. The van der Waals surface area contributed by atoms with Gasteiger partial charge in [0.2, 0.25) is 5.82 Å². The fourth-order valence-electron chi connectivity index (χ4n) is 1.70. The molecule has 0 bridgehead atoms. The molecule has 5 heteroatoms. The van der Waals surface area contributed by atoms with Crippen LogP contribution in [0.1, 0.15) is 5.56 Å². The average Bonchev–Trinajstić information content (AvgIpc) is 3.00. The largest absolute Gasteiger partial charge is 0.206 e. The monoisotopic (exact) mass is 242 g/mol. The number of nitrogens with one attached hydrogen (secondary N) is 1. The number of hydrogen-bond acceptors (Lipinski definition) is 4. The summed E-state index contributed by atoms with van der Waals surface area (Å²) in [7, 11) is 0. The third-order valence-corrected chi connectivity index (χ3v) is 3.35. The Balaban J connectivity index is 2.10. The molecule has 0 atom stereocenters. The van der Waals surface area contributed by atoms with E-state index in [1.54, 1.807) is 11.3 Å². The second-order valence-corrected chi connectivity index (χ2v) is 4.54. The second kappa shape index (κ2) is 4.10. The van der Waals surface area contributed by atoms with E-state index in [1.165, 1.54) is 11.1 Å². The summed E-state index contributed by atoms with van der Waals surface area (Å²) in [5.41, 5.74) is 4.60. The Hall–Kier alpha value is -2.01. The van der Waals surface area contributed by atoms with E-state index in [4.69, 9.17) is 0 Å². The minimum absolute atomic E-state index is 0.641. The topological polar surface area (TPSA) is 54.5 Å². The lowest BCUT2D eigenvalue weighted by Crippen LogP contribution is -1.83. The Labute approximate surface area is 102 Å². The van der Waals surface area contributed by atoms with Crippen LogP contribution in [0.4, 0.5) is 0 Å². The molecule has 0 unspecified atom stereocenters. The van der Waals surface area contributed by atoms with Crippen molar-refractivity contribution in [2.75, 3.05) is 0 Å². The Morgan fingerprint density at radius 3 is 2.53 bits per heavy atom. The lowest BCUT2D eigenvalue weighted by Gasteiger charge is -2.01. The molecule has 1 N–H and O–H groups in total. The number of nitrogens with zero attached hydrogens (tertiary/aromatic N) is 3. The summed E-state index contributed by atoms with van der Waals surface area (Å²) >= 11 is 1.64. The van der Waals surface area contributed by atoms with E-state index in [-0.39, 0.29) is 0 Å². The number of benzene rings is 1. The Bertz CT molecular complexity index is 610. The lowest BCUT2D eigenvalue weighted by atomic mass is 10.0. The Morgan fingerprint density at radius 2 is 1.82 bits per heavy atom. The SMILES string of the molecule is Cc1ccc(-c2cscc2-c2nn[nH]n2)cc1. The van der Waals surface area contributed by atoms with Gasteiger partial charge in [0.1, 0.15) is 0 Å². The zero-order valence-electron chi connectivity index (χ0n) is 9.21. The van der Waals surface area contributed by atoms with Gasteiger partial charge < -0.3 is 0 Å². The van der Waals surface area contributed by atoms with E-state index in [9.17, 15) is 0 Å². The number of aromatic nitrogens is 4. The van der Waals surface area contributed by atoms with Crippen LogP contribution in [0.3, 0.4) is 0 Å². The van der Waals surface area contributed by atoms with Crippen LogP contribution in [-0.4, -0.2) is 20.6 Å². The predicted octanol–water partition coefficient (Wildman–Crippen LogP) is 2.90. The highest BCUT2D eigenvalue weighted by Gasteiger charge is 2.11. The number of rotatable bonds is 2. The number of thiophene rings is 1. The quantitative estimate of drug-likeness (QED) is 0.751. The first-order valence-electron chi connectivity index (χ1n) is 5.21. The van der Waals surface area contributed by atoms with Gasteiger partial charge in [0, 0.05) is 16.5 Å². The average molecular weight is 242 g/mol. The van der Waals surface area contributed by atoms with Crippen molar-refractivity contribution in [2.24, 2.45) is 0 Å². The van der Waals surface area contributed by atoms with E-state index in [0.29, 0.717) is 5.82 Å². The number of tetrazole rings is 1. The fourth-order valence-corrected chi connectivity index (χ4v) is 2.54. The first-order valence-corrected chi connectivity index (χ1v) is 6.16. The summed E-state index contributed by atoms with van der Waals surface area (Å²) in [6.45, 7) is 2.08. The van der Waals surface area contributed by atoms with Crippen LogP contribution in [0.25, 0.3) is 22.5 Å². The van der Waals surface area contributed by atoms with E-state index in [2.05, 4.69) is 57.2 Å². The van der Waals surface area contributed by atoms with Gasteiger partial charge in [-0.25, -0.2) is 0 Å². The minimum Gasteiger partial charge on any atom is -0.177 e. The second-order valence-electron chi connectivity index (χ2n) is 3.80. The van der Waals surface area contributed by atoms with Crippen molar-refractivity contribution in [3.63, 3.8) is 0 Å². The maximum absolute atomic E-state index is 4.02. The third-order valence-electron chi connectivity index (χ3n) is 2.61. The van der Waals surface area contributed by atoms with E-state index in [0.717, 1.165) is 11.1 Å². The van der Waals surface area contributed by atoms with E-state index < -0.39 is 0 Å². The van der Waals surface area contributed by atoms with Gasteiger partial charge >= 0.3 is 0 Å². The molecule has 0 saturated heterocycles. The molecule has 3 rings (SSSR count). The highest BCUT2D eigenvalue weighted by molar-refractivity contribution is 7.08. The molecular weight excluding hydrogens is 232 g/mol. The molecule has 84 valence electrons. The molecular formula is C12H10N4S. The van der Waals surface area contributed by atoms with Gasteiger partial charge in [-0.15, -0.1) is 10.2 Å². The van der Waals surface area contributed by atoms with Gasteiger partial charge in [0.15, 0.2) is 0 Å². The van der Waals surface area contributed by atoms with Gasteiger partial charge in [0.25, 0.3) is 0 Å². The highest BCUT2D eigenvalue weighted by Crippen LogP contribution is 2.33. The number of aryl methyl sites for hydroxylation is 1. The molecule has 0 aliphatic rings. The molecule has 0 aliphatic heterocycles. The van der Waals surface area contributed by atoms with Crippen molar-refractivity contribution in [3.8, 4) is 22.5 Å². The van der Waals surface area contributed by atoms with Crippen LogP contribution in [0.15, 0.2) is 35.0 Å². The summed E-state index contributed by atoms with van der Waals surface area (Å²) in [5, 5.41) is 18.3. The first-order chi connectivity index (χ1) is 8.34. The molecule has 4 nitrogen and oxygen atoms in total. The Kier molecular flexibility index (Phi) is 2.45. The molecule has 0 radical (unpaired) electrons. The van der Waals surface area contributed by atoms with Crippen molar-refractivity contribution < 1.29 is 0 Å².